The number of rotatable bonds is 4. The van der Waals surface area contributed by atoms with Gasteiger partial charge in [-0.3, -0.25) is 0 Å². The number of oxime groups is 1. The second-order valence-corrected chi connectivity index (χ2v) is 5.72. The predicted octanol–water partition coefficient (Wildman–Crippen LogP) is 0.409. The summed E-state index contributed by atoms with van der Waals surface area (Å²) in [5, 5.41) is 19.4. The number of halogens is 1. The molecular formula is C10H12FNO4S. The Kier molecular flexibility index (Phi) is 4.19. The van der Waals surface area contributed by atoms with Crippen molar-refractivity contribution >= 4 is 15.5 Å². The first kappa shape index (κ1) is 13.6. The predicted molar refractivity (Wildman–Crippen MR) is 60.4 cm³/mol. The molecule has 5 nitrogen and oxygen atoms in total. The van der Waals surface area contributed by atoms with Crippen molar-refractivity contribution in [3.8, 4) is 0 Å². The molecule has 0 aromatic heterocycles. The van der Waals surface area contributed by atoms with Crippen LogP contribution < -0.4 is 0 Å². The van der Waals surface area contributed by atoms with Crippen molar-refractivity contribution in [2.75, 3.05) is 12.9 Å². The molecule has 0 bridgehead atoms. The van der Waals surface area contributed by atoms with Gasteiger partial charge < -0.3 is 10.3 Å². The average Bonchev–Trinajstić information content (AvgIpc) is 2.25. The van der Waals surface area contributed by atoms with E-state index in [4.69, 9.17) is 10.3 Å². The molecule has 0 radical (unpaired) electrons. The summed E-state index contributed by atoms with van der Waals surface area (Å²) in [7, 11) is -3.62. The minimum Gasteiger partial charge on any atom is -0.411 e. The van der Waals surface area contributed by atoms with Crippen molar-refractivity contribution in [1.29, 1.82) is 0 Å². The van der Waals surface area contributed by atoms with Crippen LogP contribution in [0, 0.1) is 5.82 Å². The van der Waals surface area contributed by atoms with E-state index in [1.54, 1.807) is 0 Å². The van der Waals surface area contributed by atoms with Crippen LogP contribution in [-0.2, 0) is 9.84 Å². The number of hydrogen-bond donors (Lipinski definition) is 2. The molecule has 7 heteroatoms. The van der Waals surface area contributed by atoms with Gasteiger partial charge in [-0.25, -0.2) is 12.8 Å². The van der Waals surface area contributed by atoms with E-state index in [0.29, 0.717) is 0 Å². The van der Waals surface area contributed by atoms with Crippen molar-refractivity contribution < 1.29 is 23.1 Å². The van der Waals surface area contributed by atoms with E-state index in [0.717, 1.165) is 18.4 Å². The number of hydrogen-bond acceptors (Lipinski definition) is 5. The molecule has 94 valence electrons. The minimum atomic E-state index is -3.62. The molecule has 17 heavy (non-hydrogen) atoms. The molecule has 0 aliphatic rings. The van der Waals surface area contributed by atoms with Gasteiger partial charge in [-0.2, -0.15) is 0 Å². The molecule has 0 saturated heterocycles. The normalized spacial score (nSPS) is 14.6. The minimum absolute atomic E-state index is 0.213. The molecule has 0 fully saturated rings. The van der Waals surface area contributed by atoms with Gasteiger partial charge in [0.25, 0.3) is 0 Å². The number of sulfone groups is 1. The summed E-state index contributed by atoms with van der Waals surface area (Å²) in [6.45, 7) is -0.713. The van der Waals surface area contributed by atoms with Gasteiger partial charge in [-0.1, -0.05) is 17.3 Å². The van der Waals surface area contributed by atoms with E-state index in [2.05, 4.69) is 5.16 Å². The first-order valence-electron chi connectivity index (χ1n) is 4.67. The van der Waals surface area contributed by atoms with E-state index < -0.39 is 27.5 Å². The smallest absolute Gasteiger partial charge is 0.158 e. The Labute approximate surface area is 98.1 Å². The van der Waals surface area contributed by atoms with E-state index in [1.165, 1.54) is 12.1 Å². The Balaban J connectivity index is 3.20. The lowest BCUT2D eigenvalue weighted by Gasteiger charge is -2.13. The molecule has 1 rings (SSSR count). The summed E-state index contributed by atoms with van der Waals surface area (Å²) in [5.74, 6) is -0.494. The maximum absolute atomic E-state index is 12.7. The van der Waals surface area contributed by atoms with Crippen LogP contribution in [0.4, 0.5) is 4.39 Å². The number of benzene rings is 1. The lowest BCUT2D eigenvalue weighted by atomic mass is 10.1. The van der Waals surface area contributed by atoms with Crippen molar-refractivity contribution in [1.82, 2.24) is 0 Å². The molecule has 1 aromatic carbocycles. The zero-order valence-electron chi connectivity index (χ0n) is 9.04. The summed E-state index contributed by atoms with van der Waals surface area (Å²) >= 11 is 0. The Morgan fingerprint density at radius 2 is 1.94 bits per heavy atom. The summed E-state index contributed by atoms with van der Waals surface area (Å²) in [6, 6.07) is 4.77. The Morgan fingerprint density at radius 3 is 2.29 bits per heavy atom. The third kappa shape index (κ3) is 3.24. The van der Waals surface area contributed by atoms with Gasteiger partial charge in [0.1, 0.15) is 16.8 Å². The van der Waals surface area contributed by atoms with Crippen LogP contribution in [-0.4, -0.2) is 42.6 Å². The quantitative estimate of drug-likeness (QED) is 0.467. The van der Waals surface area contributed by atoms with Gasteiger partial charge >= 0.3 is 0 Å². The van der Waals surface area contributed by atoms with Gasteiger partial charge in [0.05, 0.1) is 6.61 Å². The Bertz CT molecular complexity index is 510. The van der Waals surface area contributed by atoms with Gasteiger partial charge in [0, 0.05) is 11.8 Å². The molecule has 0 aliphatic carbocycles. The Morgan fingerprint density at radius 1 is 1.41 bits per heavy atom. The molecule has 0 aliphatic heterocycles. The SMILES string of the molecule is CS(=O)(=O)[C@H](CO)/C(=N\O)c1ccc(F)cc1. The van der Waals surface area contributed by atoms with Gasteiger partial charge in [0.2, 0.25) is 0 Å². The third-order valence-corrected chi connectivity index (χ3v) is 3.64. The lowest BCUT2D eigenvalue weighted by molar-refractivity contribution is 0.296. The number of nitrogens with zero attached hydrogens (tertiary/aromatic N) is 1. The highest BCUT2D eigenvalue weighted by Crippen LogP contribution is 2.12. The fourth-order valence-corrected chi connectivity index (χ4v) is 2.21. The van der Waals surface area contributed by atoms with Crippen LogP contribution in [0.1, 0.15) is 5.56 Å². The van der Waals surface area contributed by atoms with Gasteiger partial charge in [-0.15, -0.1) is 0 Å². The third-order valence-electron chi connectivity index (χ3n) is 2.24. The zero-order chi connectivity index (χ0) is 13.1. The van der Waals surface area contributed by atoms with Crippen molar-refractivity contribution in [2.45, 2.75) is 5.25 Å². The molecule has 1 atom stereocenters. The lowest BCUT2D eigenvalue weighted by Crippen LogP contribution is -2.33. The highest BCUT2D eigenvalue weighted by Gasteiger charge is 2.27. The van der Waals surface area contributed by atoms with Crippen LogP contribution in [0.3, 0.4) is 0 Å². The van der Waals surface area contributed by atoms with E-state index in [9.17, 15) is 12.8 Å². The summed E-state index contributed by atoms with van der Waals surface area (Å²) in [4.78, 5) is 0. The molecule has 1 aromatic rings. The topological polar surface area (TPSA) is 87.0 Å². The summed E-state index contributed by atoms with van der Waals surface area (Å²) in [6.07, 6.45) is 0.919. The zero-order valence-corrected chi connectivity index (χ0v) is 9.85. The van der Waals surface area contributed by atoms with Crippen molar-refractivity contribution in [2.24, 2.45) is 5.16 Å². The van der Waals surface area contributed by atoms with Gasteiger partial charge in [0.15, 0.2) is 9.84 Å². The fourth-order valence-electron chi connectivity index (χ4n) is 1.35. The van der Waals surface area contributed by atoms with Crippen LogP contribution in [0.15, 0.2) is 29.4 Å². The van der Waals surface area contributed by atoms with E-state index in [-0.39, 0.29) is 11.3 Å². The highest BCUT2D eigenvalue weighted by molar-refractivity contribution is 7.92. The standard InChI is InChI=1S/C10H12FNO4S/c1-17(15,16)9(6-13)10(12-14)7-2-4-8(11)5-3-7/h2-5,9,13-14H,6H2,1H3/b12-10-/t9-/m1/s1. The van der Waals surface area contributed by atoms with Crippen LogP contribution in [0.2, 0.25) is 0 Å². The monoisotopic (exact) mass is 261 g/mol. The highest BCUT2D eigenvalue weighted by atomic mass is 32.2. The van der Waals surface area contributed by atoms with Crippen molar-refractivity contribution in [3.05, 3.63) is 35.6 Å². The van der Waals surface area contributed by atoms with E-state index >= 15 is 0 Å². The van der Waals surface area contributed by atoms with Crippen LogP contribution in [0.5, 0.6) is 0 Å². The molecule has 0 spiro atoms. The van der Waals surface area contributed by atoms with E-state index in [1.807, 2.05) is 0 Å². The maximum atomic E-state index is 12.7. The summed E-state index contributed by atoms with van der Waals surface area (Å²) < 4.78 is 35.5. The van der Waals surface area contributed by atoms with Gasteiger partial charge in [-0.05, 0) is 12.1 Å². The molecule has 0 heterocycles. The molecule has 2 N–H and O–H groups in total. The average molecular weight is 261 g/mol. The first-order valence-corrected chi connectivity index (χ1v) is 6.63. The first-order chi connectivity index (χ1) is 7.90. The second kappa shape index (κ2) is 5.24. The number of aliphatic hydroxyl groups excluding tert-OH is 1. The summed E-state index contributed by atoms with van der Waals surface area (Å²) in [5.41, 5.74) is 0.0216. The van der Waals surface area contributed by atoms with Crippen LogP contribution >= 0.6 is 0 Å². The molecule has 0 saturated carbocycles. The molecule has 0 unspecified atom stereocenters. The molecular weight excluding hydrogens is 249 g/mol. The largest absolute Gasteiger partial charge is 0.411 e. The van der Waals surface area contributed by atoms with Crippen molar-refractivity contribution in [3.63, 3.8) is 0 Å². The Hall–Kier alpha value is -1.47. The maximum Gasteiger partial charge on any atom is 0.158 e. The fraction of sp³-hybridized carbons (Fsp3) is 0.300. The number of aliphatic hydroxyl groups is 1. The second-order valence-electron chi connectivity index (χ2n) is 3.49. The molecule has 0 amide bonds. The van der Waals surface area contributed by atoms with Crippen LogP contribution in [0.25, 0.3) is 0 Å².